The molecule has 31 heavy (non-hydrogen) atoms. The third-order valence-corrected chi connectivity index (χ3v) is 4.82. The third kappa shape index (κ3) is 5.17. The van der Waals surface area contributed by atoms with E-state index < -0.39 is 6.10 Å². The molecule has 0 bridgehead atoms. The number of rotatable bonds is 7. The van der Waals surface area contributed by atoms with Crippen LogP contribution in [0.4, 0.5) is 4.39 Å². The molecule has 4 aromatic rings. The fourth-order valence-corrected chi connectivity index (χ4v) is 3.16. The Kier molecular flexibility index (Phi) is 6.08. The number of imidazole rings is 1. The van der Waals surface area contributed by atoms with Crippen molar-refractivity contribution in [2.24, 2.45) is 0 Å². The van der Waals surface area contributed by atoms with Gasteiger partial charge in [0.25, 0.3) is 5.91 Å². The van der Waals surface area contributed by atoms with Gasteiger partial charge in [-0.2, -0.15) is 0 Å². The zero-order valence-electron chi connectivity index (χ0n) is 17.0. The molecule has 0 aliphatic heterocycles. The van der Waals surface area contributed by atoms with E-state index >= 15 is 0 Å². The standard InChI is InChI=1S/C25H22FN3O2/c1-17(31-22-8-3-2-4-9-22)25(30)28-15-18-6-5-7-20(14-18)24-27-16-23(29-24)19-10-12-21(26)13-11-19/h2-14,16-17H,15H2,1H3,(H,27,29)(H,28,30). The van der Waals surface area contributed by atoms with Gasteiger partial charge >= 0.3 is 0 Å². The van der Waals surface area contributed by atoms with E-state index in [1.165, 1.54) is 12.1 Å². The highest BCUT2D eigenvalue weighted by Crippen LogP contribution is 2.23. The smallest absolute Gasteiger partial charge is 0.261 e. The van der Waals surface area contributed by atoms with Crippen molar-refractivity contribution in [2.75, 3.05) is 0 Å². The molecule has 2 N–H and O–H groups in total. The van der Waals surface area contributed by atoms with Gasteiger partial charge in [0.2, 0.25) is 0 Å². The Balaban J connectivity index is 1.39. The third-order valence-electron chi connectivity index (χ3n) is 4.82. The maximum atomic E-state index is 13.1. The molecule has 0 saturated carbocycles. The van der Waals surface area contributed by atoms with Crippen LogP contribution in [0.2, 0.25) is 0 Å². The average molecular weight is 415 g/mol. The van der Waals surface area contributed by atoms with E-state index in [0.717, 1.165) is 22.4 Å². The van der Waals surface area contributed by atoms with E-state index in [4.69, 9.17) is 4.74 Å². The van der Waals surface area contributed by atoms with Crippen molar-refractivity contribution in [3.05, 3.63) is 96.4 Å². The molecule has 3 aromatic carbocycles. The van der Waals surface area contributed by atoms with Crippen molar-refractivity contribution in [3.8, 4) is 28.4 Å². The number of hydrogen-bond donors (Lipinski definition) is 2. The number of halogens is 1. The first-order valence-corrected chi connectivity index (χ1v) is 9.98. The van der Waals surface area contributed by atoms with Crippen LogP contribution >= 0.6 is 0 Å². The number of amides is 1. The first kappa shape index (κ1) is 20.3. The summed E-state index contributed by atoms with van der Waals surface area (Å²) in [4.78, 5) is 20.1. The Hall–Kier alpha value is -3.93. The zero-order chi connectivity index (χ0) is 21.6. The van der Waals surface area contributed by atoms with Crippen LogP contribution in [-0.2, 0) is 11.3 Å². The molecule has 5 nitrogen and oxygen atoms in total. The molecule has 4 rings (SSSR count). The van der Waals surface area contributed by atoms with Crippen molar-refractivity contribution >= 4 is 5.91 Å². The highest BCUT2D eigenvalue weighted by Gasteiger charge is 2.14. The summed E-state index contributed by atoms with van der Waals surface area (Å²) in [6.07, 6.45) is 1.12. The summed E-state index contributed by atoms with van der Waals surface area (Å²) in [5.41, 5.74) is 3.50. The number of aromatic amines is 1. The average Bonchev–Trinajstić information content (AvgIpc) is 3.29. The van der Waals surface area contributed by atoms with Gasteiger partial charge in [-0.05, 0) is 60.5 Å². The summed E-state index contributed by atoms with van der Waals surface area (Å²) in [6, 6.07) is 23.3. The second-order valence-electron chi connectivity index (χ2n) is 7.14. The van der Waals surface area contributed by atoms with Crippen molar-refractivity contribution in [1.29, 1.82) is 0 Å². The minimum Gasteiger partial charge on any atom is -0.481 e. The molecule has 156 valence electrons. The Bertz CT molecular complexity index is 1160. The van der Waals surface area contributed by atoms with Gasteiger partial charge < -0.3 is 15.0 Å². The summed E-state index contributed by atoms with van der Waals surface area (Å²) in [5.74, 6) is 0.891. The highest BCUT2D eigenvalue weighted by atomic mass is 19.1. The van der Waals surface area contributed by atoms with Crippen LogP contribution in [0.5, 0.6) is 5.75 Å². The molecule has 6 heteroatoms. The minimum absolute atomic E-state index is 0.189. The Morgan fingerprint density at radius 2 is 1.81 bits per heavy atom. The maximum absolute atomic E-state index is 13.1. The van der Waals surface area contributed by atoms with Gasteiger partial charge in [-0.15, -0.1) is 0 Å². The lowest BCUT2D eigenvalue weighted by molar-refractivity contribution is -0.127. The molecule has 0 fully saturated rings. The van der Waals surface area contributed by atoms with Gasteiger partial charge in [-0.1, -0.05) is 36.4 Å². The molecule has 0 aliphatic rings. The summed E-state index contributed by atoms with van der Waals surface area (Å²) < 4.78 is 18.8. The minimum atomic E-state index is -0.603. The summed E-state index contributed by atoms with van der Waals surface area (Å²) in [5, 5.41) is 2.90. The molecule has 1 aromatic heterocycles. The molecule has 0 spiro atoms. The lowest BCUT2D eigenvalue weighted by Crippen LogP contribution is -2.35. The monoisotopic (exact) mass is 415 g/mol. The Morgan fingerprint density at radius 1 is 1.03 bits per heavy atom. The molecule has 0 aliphatic carbocycles. The first-order valence-electron chi connectivity index (χ1n) is 9.98. The molecular formula is C25H22FN3O2. The number of hydrogen-bond acceptors (Lipinski definition) is 3. The fourth-order valence-electron chi connectivity index (χ4n) is 3.16. The van der Waals surface area contributed by atoms with Crippen LogP contribution in [0.25, 0.3) is 22.6 Å². The second kappa shape index (κ2) is 9.26. The molecular weight excluding hydrogens is 393 g/mol. The van der Waals surface area contributed by atoms with Crippen LogP contribution < -0.4 is 10.1 Å². The fraction of sp³-hybridized carbons (Fsp3) is 0.120. The van der Waals surface area contributed by atoms with Gasteiger partial charge in [0, 0.05) is 12.1 Å². The topological polar surface area (TPSA) is 67.0 Å². The van der Waals surface area contributed by atoms with Gasteiger partial charge in [0.1, 0.15) is 17.4 Å². The number of aromatic nitrogens is 2. The largest absolute Gasteiger partial charge is 0.481 e. The number of ether oxygens (including phenoxy) is 1. The highest BCUT2D eigenvalue weighted by molar-refractivity contribution is 5.80. The summed E-state index contributed by atoms with van der Waals surface area (Å²) in [7, 11) is 0. The van der Waals surface area contributed by atoms with Gasteiger partial charge in [-0.25, -0.2) is 9.37 Å². The van der Waals surface area contributed by atoms with Crippen molar-refractivity contribution in [1.82, 2.24) is 15.3 Å². The van der Waals surface area contributed by atoms with Crippen LogP contribution in [-0.4, -0.2) is 22.0 Å². The molecule has 1 heterocycles. The Morgan fingerprint density at radius 3 is 2.58 bits per heavy atom. The predicted molar refractivity (Wildman–Crippen MR) is 118 cm³/mol. The van der Waals surface area contributed by atoms with E-state index in [1.54, 1.807) is 25.3 Å². The van der Waals surface area contributed by atoms with Crippen molar-refractivity contribution in [2.45, 2.75) is 19.6 Å². The van der Waals surface area contributed by atoms with Crippen LogP contribution in [0.15, 0.2) is 85.1 Å². The SMILES string of the molecule is CC(Oc1ccccc1)C(=O)NCc1cccc(-c2ncc(-c3ccc(F)cc3)[nH]2)c1. The molecule has 1 unspecified atom stereocenters. The molecule has 1 amide bonds. The van der Waals surface area contributed by atoms with Gasteiger partial charge in [0.15, 0.2) is 6.10 Å². The summed E-state index contributed by atoms with van der Waals surface area (Å²) in [6.45, 7) is 2.10. The van der Waals surface area contributed by atoms with Gasteiger partial charge in [0.05, 0.1) is 11.9 Å². The summed E-state index contributed by atoms with van der Waals surface area (Å²) >= 11 is 0. The number of benzene rings is 3. The normalized spacial score (nSPS) is 11.7. The number of nitrogens with one attached hydrogen (secondary N) is 2. The van der Waals surface area contributed by atoms with Crippen LogP contribution in [0.3, 0.4) is 0 Å². The van der Waals surface area contributed by atoms with Crippen LogP contribution in [0, 0.1) is 5.82 Å². The van der Waals surface area contributed by atoms with Gasteiger partial charge in [-0.3, -0.25) is 4.79 Å². The lowest BCUT2D eigenvalue weighted by Gasteiger charge is -2.14. The number of carbonyl (C=O) groups excluding carboxylic acids is 1. The number of para-hydroxylation sites is 1. The van der Waals surface area contributed by atoms with E-state index in [9.17, 15) is 9.18 Å². The Labute approximate surface area is 179 Å². The van der Waals surface area contributed by atoms with Crippen molar-refractivity contribution < 1.29 is 13.9 Å². The number of carbonyl (C=O) groups is 1. The van der Waals surface area contributed by atoms with E-state index in [-0.39, 0.29) is 11.7 Å². The van der Waals surface area contributed by atoms with E-state index in [1.807, 2.05) is 54.6 Å². The predicted octanol–water partition coefficient (Wildman–Crippen LogP) is 4.97. The van der Waals surface area contributed by atoms with Crippen molar-refractivity contribution in [3.63, 3.8) is 0 Å². The number of nitrogens with zero attached hydrogens (tertiary/aromatic N) is 1. The molecule has 0 saturated heterocycles. The molecule has 1 atom stereocenters. The van der Waals surface area contributed by atoms with Crippen LogP contribution in [0.1, 0.15) is 12.5 Å². The number of H-pyrrole nitrogens is 1. The lowest BCUT2D eigenvalue weighted by atomic mass is 10.1. The van der Waals surface area contributed by atoms with E-state index in [2.05, 4.69) is 15.3 Å². The maximum Gasteiger partial charge on any atom is 0.261 e. The van der Waals surface area contributed by atoms with E-state index in [0.29, 0.717) is 18.1 Å². The molecule has 0 radical (unpaired) electrons. The second-order valence-corrected chi connectivity index (χ2v) is 7.14. The quantitative estimate of drug-likeness (QED) is 0.448. The first-order chi connectivity index (χ1) is 15.1. The zero-order valence-corrected chi connectivity index (χ0v) is 17.0.